The maximum atomic E-state index is 13.2. The molecule has 1 N–H and O–H groups in total. The zero-order valence-corrected chi connectivity index (χ0v) is 9.60. The Balaban J connectivity index is 3.05. The predicted molar refractivity (Wildman–Crippen MR) is 62.4 cm³/mol. The molecular formula is C13H18FN. The summed E-state index contributed by atoms with van der Waals surface area (Å²) >= 11 is 0. The Morgan fingerprint density at radius 3 is 2.60 bits per heavy atom. The molecule has 1 atom stereocenters. The van der Waals surface area contributed by atoms with E-state index in [1.807, 2.05) is 26.8 Å². The van der Waals surface area contributed by atoms with E-state index in [2.05, 4.69) is 11.9 Å². The van der Waals surface area contributed by atoms with Crippen LogP contribution in [0, 0.1) is 12.7 Å². The predicted octanol–water partition coefficient (Wildman–Crippen LogP) is 3.36. The molecule has 0 spiro atoms. The second kappa shape index (κ2) is 5.08. The summed E-state index contributed by atoms with van der Waals surface area (Å²) in [7, 11) is 0. The maximum Gasteiger partial charge on any atom is 0.123 e. The molecule has 1 rings (SSSR count). The van der Waals surface area contributed by atoms with Gasteiger partial charge in [-0.3, -0.25) is 0 Å². The van der Waals surface area contributed by atoms with Crippen LogP contribution in [-0.4, -0.2) is 6.54 Å². The summed E-state index contributed by atoms with van der Waals surface area (Å²) in [4.78, 5) is 0. The highest BCUT2D eigenvalue weighted by Crippen LogP contribution is 2.22. The van der Waals surface area contributed by atoms with Crippen molar-refractivity contribution in [3.05, 3.63) is 47.3 Å². The van der Waals surface area contributed by atoms with Gasteiger partial charge in [0, 0.05) is 0 Å². The van der Waals surface area contributed by atoms with Crippen LogP contribution < -0.4 is 5.32 Å². The summed E-state index contributed by atoms with van der Waals surface area (Å²) in [6, 6.07) is 5.13. The van der Waals surface area contributed by atoms with Crippen LogP contribution in [0.5, 0.6) is 0 Å². The highest BCUT2D eigenvalue weighted by Gasteiger charge is 2.11. The summed E-state index contributed by atoms with van der Waals surface area (Å²) in [5, 5.41) is 3.29. The van der Waals surface area contributed by atoms with Gasteiger partial charge < -0.3 is 5.32 Å². The average Bonchev–Trinajstić information content (AvgIpc) is 2.11. The second-order valence-electron chi connectivity index (χ2n) is 3.90. The van der Waals surface area contributed by atoms with E-state index < -0.39 is 0 Å². The molecule has 0 heterocycles. The molecule has 0 amide bonds. The Morgan fingerprint density at radius 2 is 2.13 bits per heavy atom. The van der Waals surface area contributed by atoms with Crippen molar-refractivity contribution >= 4 is 0 Å². The topological polar surface area (TPSA) is 12.0 Å². The van der Waals surface area contributed by atoms with Crippen LogP contribution in [0.2, 0.25) is 0 Å². The fraction of sp³-hybridized carbons (Fsp3) is 0.385. The van der Waals surface area contributed by atoms with Crippen LogP contribution in [0.3, 0.4) is 0 Å². The van der Waals surface area contributed by atoms with Gasteiger partial charge in [-0.25, -0.2) is 4.39 Å². The number of hydrogen-bond acceptors (Lipinski definition) is 1. The standard InChI is InChI=1S/C13H18FN/c1-5-15-13(9(2)3)11-6-10(4)7-12(14)8-11/h6-8,13,15H,2,5H2,1,3-4H3. The molecule has 0 bridgehead atoms. The smallest absolute Gasteiger partial charge is 0.123 e. The van der Waals surface area contributed by atoms with Gasteiger partial charge in [0.05, 0.1) is 6.04 Å². The van der Waals surface area contributed by atoms with E-state index in [0.717, 1.165) is 23.2 Å². The molecular weight excluding hydrogens is 189 g/mol. The third-order valence-electron chi connectivity index (χ3n) is 2.30. The monoisotopic (exact) mass is 207 g/mol. The normalized spacial score (nSPS) is 12.5. The molecule has 1 unspecified atom stereocenters. The third kappa shape index (κ3) is 3.17. The van der Waals surface area contributed by atoms with E-state index in [0.29, 0.717) is 0 Å². The molecule has 15 heavy (non-hydrogen) atoms. The highest BCUT2D eigenvalue weighted by atomic mass is 19.1. The average molecular weight is 207 g/mol. The number of rotatable bonds is 4. The van der Waals surface area contributed by atoms with E-state index in [1.165, 1.54) is 6.07 Å². The minimum absolute atomic E-state index is 0.0457. The van der Waals surface area contributed by atoms with Crippen LogP contribution in [0.15, 0.2) is 30.4 Å². The number of nitrogens with one attached hydrogen (secondary N) is 1. The Kier molecular flexibility index (Phi) is 4.04. The molecule has 0 fully saturated rings. The Bertz CT molecular complexity index is 337. The largest absolute Gasteiger partial charge is 0.307 e. The first-order chi connectivity index (χ1) is 7.04. The van der Waals surface area contributed by atoms with Crippen molar-refractivity contribution in [2.24, 2.45) is 0 Å². The van der Waals surface area contributed by atoms with Crippen molar-refractivity contribution < 1.29 is 4.39 Å². The Morgan fingerprint density at radius 1 is 1.47 bits per heavy atom. The molecule has 0 radical (unpaired) electrons. The Labute approximate surface area is 91.0 Å². The molecule has 0 aliphatic rings. The molecule has 82 valence electrons. The van der Waals surface area contributed by atoms with Crippen molar-refractivity contribution in [2.75, 3.05) is 6.54 Å². The minimum Gasteiger partial charge on any atom is -0.307 e. The van der Waals surface area contributed by atoms with Crippen molar-refractivity contribution in [2.45, 2.75) is 26.8 Å². The highest BCUT2D eigenvalue weighted by molar-refractivity contribution is 5.30. The van der Waals surface area contributed by atoms with E-state index in [9.17, 15) is 4.39 Å². The number of aryl methyl sites for hydroxylation is 1. The van der Waals surface area contributed by atoms with Crippen LogP contribution >= 0.6 is 0 Å². The lowest BCUT2D eigenvalue weighted by Crippen LogP contribution is -2.21. The molecule has 0 aromatic heterocycles. The maximum absolute atomic E-state index is 13.2. The van der Waals surface area contributed by atoms with Crippen LogP contribution in [0.1, 0.15) is 31.0 Å². The zero-order chi connectivity index (χ0) is 11.4. The summed E-state index contributed by atoms with van der Waals surface area (Å²) in [6.07, 6.45) is 0. The molecule has 1 nitrogen and oxygen atoms in total. The zero-order valence-electron chi connectivity index (χ0n) is 9.60. The van der Waals surface area contributed by atoms with E-state index >= 15 is 0 Å². The van der Waals surface area contributed by atoms with Crippen molar-refractivity contribution in [3.63, 3.8) is 0 Å². The molecule has 0 saturated heterocycles. The van der Waals surface area contributed by atoms with Gasteiger partial charge in [-0.15, -0.1) is 0 Å². The quantitative estimate of drug-likeness (QED) is 0.746. The lowest BCUT2D eigenvalue weighted by Gasteiger charge is -2.19. The first-order valence-corrected chi connectivity index (χ1v) is 5.20. The summed E-state index contributed by atoms with van der Waals surface area (Å²) < 4.78 is 13.2. The summed E-state index contributed by atoms with van der Waals surface area (Å²) in [6.45, 7) is 10.6. The third-order valence-corrected chi connectivity index (χ3v) is 2.30. The lowest BCUT2D eigenvalue weighted by molar-refractivity contribution is 0.597. The van der Waals surface area contributed by atoms with Gasteiger partial charge in [0.25, 0.3) is 0 Å². The van der Waals surface area contributed by atoms with Gasteiger partial charge in [-0.1, -0.05) is 25.1 Å². The minimum atomic E-state index is -0.186. The number of halogens is 1. The van der Waals surface area contributed by atoms with Crippen LogP contribution in [-0.2, 0) is 0 Å². The van der Waals surface area contributed by atoms with Crippen molar-refractivity contribution in [3.8, 4) is 0 Å². The molecule has 1 aromatic rings. The molecule has 1 aromatic carbocycles. The first kappa shape index (κ1) is 11.9. The SMILES string of the molecule is C=C(C)C(NCC)c1cc(C)cc(F)c1. The second-order valence-corrected chi connectivity index (χ2v) is 3.90. The van der Waals surface area contributed by atoms with Gasteiger partial charge in [-0.2, -0.15) is 0 Å². The summed E-state index contributed by atoms with van der Waals surface area (Å²) in [5.74, 6) is -0.186. The van der Waals surface area contributed by atoms with Crippen LogP contribution in [0.25, 0.3) is 0 Å². The van der Waals surface area contributed by atoms with Gasteiger partial charge >= 0.3 is 0 Å². The van der Waals surface area contributed by atoms with Crippen molar-refractivity contribution in [1.29, 1.82) is 0 Å². The van der Waals surface area contributed by atoms with Gasteiger partial charge in [0.2, 0.25) is 0 Å². The van der Waals surface area contributed by atoms with Gasteiger partial charge in [0.15, 0.2) is 0 Å². The molecule has 0 aliphatic heterocycles. The van der Waals surface area contributed by atoms with Gasteiger partial charge in [0.1, 0.15) is 5.82 Å². The van der Waals surface area contributed by atoms with E-state index in [4.69, 9.17) is 0 Å². The van der Waals surface area contributed by atoms with E-state index in [1.54, 1.807) is 6.07 Å². The summed E-state index contributed by atoms with van der Waals surface area (Å²) in [5.41, 5.74) is 2.89. The molecule has 2 heteroatoms. The van der Waals surface area contributed by atoms with Gasteiger partial charge in [-0.05, 0) is 43.7 Å². The lowest BCUT2D eigenvalue weighted by atomic mass is 9.99. The van der Waals surface area contributed by atoms with Crippen molar-refractivity contribution in [1.82, 2.24) is 5.32 Å². The molecule has 0 aliphatic carbocycles. The number of benzene rings is 1. The first-order valence-electron chi connectivity index (χ1n) is 5.20. The molecule has 0 saturated carbocycles. The Hall–Kier alpha value is -1.15. The fourth-order valence-corrected chi connectivity index (χ4v) is 1.71. The fourth-order valence-electron chi connectivity index (χ4n) is 1.71. The van der Waals surface area contributed by atoms with Crippen LogP contribution in [0.4, 0.5) is 4.39 Å². The number of likely N-dealkylation sites (N-methyl/N-ethyl adjacent to an activating group) is 1. The number of hydrogen-bond donors (Lipinski definition) is 1. The van der Waals surface area contributed by atoms with E-state index in [-0.39, 0.29) is 11.9 Å².